The van der Waals surface area contributed by atoms with E-state index in [0.717, 1.165) is 30.9 Å². The maximum Gasteiger partial charge on any atom is 0.416 e. The van der Waals surface area contributed by atoms with Crippen molar-refractivity contribution in [3.8, 4) is 0 Å². The van der Waals surface area contributed by atoms with Crippen molar-refractivity contribution in [3.63, 3.8) is 0 Å². The number of nitrogens with one attached hydrogen (secondary N) is 1. The van der Waals surface area contributed by atoms with E-state index in [9.17, 15) is 13.2 Å². The lowest BCUT2D eigenvalue weighted by Gasteiger charge is -2.16. The summed E-state index contributed by atoms with van der Waals surface area (Å²) < 4.78 is 38.0. The topological polar surface area (TPSA) is 24.9 Å². The maximum atomic E-state index is 12.7. The van der Waals surface area contributed by atoms with E-state index in [1.165, 1.54) is 12.8 Å². The molecule has 0 aliphatic heterocycles. The number of aromatic nitrogens is 1. The first-order chi connectivity index (χ1) is 8.89. The third kappa shape index (κ3) is 2.81. The summed E-state index contributed by atoms with van der Waals surface area (Å²) in [5.41, 5.74) is -0.450. The molecule has 2 saturated carbocycles. The van der Waals surface area contributed by atoms with Crippen molar-refractivity contribution in [2.24, 2.45) is 11.3 Å². The van der Waals surface area contributed by atoms with Gasteiger partial charge in [-0.3, -0.25) is 0 Å². The molecule has 3 rings (SSSR count). The summed E-state index contributed by atoms with van der Waals surface area (Å²) in [6.07, 6.45) is 0.433. The molecule has 0 atom stereocenters. The van der Waals surface area contributed by atoms with Gasteiger partial charge in [0.15, 0.2) is 0 Å². The van der Waals surface area contributed by atoms with Crippen LogP contribution >= 0.6 is 11.6 Å². The summed E-state index contributed by atoms with van der Waals surface area (Å²) in [5.74, 6) is 0.966. The monoisotopic (exact) mass is 290 g/mol. The van der Waals surface area contributed by atoms with Crippen LogP contribution in [0.5, 0.6) is 0 Å². The summed E-state index contributed by atoms with van der Waals surface area (Å²) in [4.78, 5) is 3.91. The fourth-order valence-electron chi connectivity index (χ4n) is 2.60. The second-order valence-electron chi connectivity index (χ2n) is 5.55. The van der Waals surface area contributed by atoms with E-state index in [1.54, 1.807) is 0 Å². The minimum atomic E-state index is -4.39. The maximum absolute atomic E-state index is 12.7. The van der Waals surface area contributed by atoms with Crippen LogP contribution in [-0.2, 0) is 6.18 Å². The van der Waals surface area contributed by atoms with Crippen molar-refractivity contribution >= 4 is 17.4 Å². The molecule has 0 spiro atoms. The molecule has 6 heteroatoms. The van der Waals surface area contributed by atoms with Crippen LogP contribution in [0.1, 0.15) is 31.2 Å². The summed E-state index contributed by atoms with van der Waals surface area (Å²) >= 11 is 5.65. The summed E-state index contributed by atoms with van der Waals surface area (Å²) in [5, 5.41) is 2.90. The zero-order valence-corrected chi connectivity index (χ0v) is 11.0. The normalized spacial score (nSPS) is 21.3. The molecule has 1 heterocycles. The van der Waals surface area contributed by atoms with Gasteiger partial charge in [0, 0.05) is 6.54 Å². The van der Waals surface area contributed by atoms with Crippen LogP contribution in [0.15, 0.2) is 12.1 Å². The highest BCUT2D eigenvalue weighted by molar-refractivity contribution is 6.29. The Bertz CT molecular complexity index is 493. The number of hydrogen-bond acceptors (Lipinski definition) is 2. The lowest BCUT2D eigenvalue weighted by Crippen LogP contribution is -2.18. The van der Waals surface area contributed by atoms with Gasteiger partial charge in [0.25, 0.3) is 0 Å². The predicted octanol–water partition coefficient (Wildman–Crippen LogP) is 4.36. The second-order valence-corrected chi connectivity index (χ2v) is 5.94. The molecule has 104 valence electrons. The highest BCUT2D eigenvalue weighted by Crippen LogP contribution is 2.61. The molecule has 2 aliphatic carbocycles. The van der Waals surface area contributed by atoms with Gasteiger partial charge < -0.3 is 5.32 Å². The van der Waals surface area contributed by atoms with Crippen LogP contribution in [0.25, 0.3) is 0 Å². The number of rotatable bonds is 4. The molecule has 0 aromatic carbocycles. The number of nitrogens with zero attached hydrogens (tertiary/aromatic N) is 1. The zero-order chi connectivity index (χ0) is 13.7. The molecule has 2 aliphatic rings. The Morgan fingerprint density at radius 2 is 2.00 bits per heavy atom. The highest BCUT2D eigenvalue weighted by Gasteiger charge is 2.53. The predicted molar refractivity (Wildman–Crippen MR) is 67.1 cm³/mol. The average Bonchev–Trinajstić information content (AvgIpc) is 3.16. The fraction of sp³-hybridized carbons (Fsp3) is 0.615. The van der Waals surface area contributed by atoms with Gasteiger partial charge in [0.05, 0.1) is 5.56 Å². The van der Waals surface area contributed by atoms with Gasteiger partial charge >= 0.3 is 6.18 Å². The van der Waals surface area contributed by atoms with E-state index >= 15 is 0 Å². The van der Waals surface area contributed by atoms with Gasteiger partial charge in [-0.1, -0.05) is 11.6 Å². The number of alkyl halides is 3. The lowest BCUT2D eigenvalue weighted by molar-refractivity contribution is -0.137. The number of halogens is 4. The molecule has 1 aromatic heterocycles. The molecule has 0 saturated heterocycles. The number of anilines is 1. The van der Waals surface area contributed by atoms with Crippen molar-refractivity contribution in [1.29, 1.82) is 0 Å². The van der Waals surface area contributed by atoms with Crippen molar-refractivity contribution in [2.45, 2.75) is 31.9 Å². The first-order valence-electron chi connectivity index (χ1n) is 6.38. The lowest BCUT2D eigenvalue weighted by atomic mass is 10.0. The molecule has 0 bridgehead atoms. The van der Waals surface area contributed by atoms with Crippen molar-refractivity contribution in [3.05, 3.63) is 22.8 Å². The Morgan fingerprint density at radius 3 is 2.53 bits per heavy atom. The Hall–Kier alpha value is -0.970. The van der Waals surface area contributed by atoms with Gasteiger partial charge in [-0.05, 0) is 49.1 Å². The SMILES string of the molecule is FC(F)(F)c1cc(Cl)nc(NCC2(C3CC3)CC2)c1. The molecular formula is C13H14ClF3N2. The smallest absolute Gasteiger partial charge is 0.369 e. The second kappa shape index (κ2) is 4.27. The van der Waals surface area contributed by atoms with Gasteiger partial charge in [-0.2, -0.15) is 13.2 Å². The zero-order valence-electron chi connectivity index (χ0n) is 10.2. The molecule has 0 amide bonds. The van der Waals surface area contributed by atoms with E-state index < -0.39 is 11.7 Å². The number of pyridine rings is 1. The summed E-state index contributed by atoms with van der Waals surface area (Å²) in [6, 6.07) is 1.87. The van der Waals surface area contributed by atoms with Crippen molar-refractivity contribution in [2.75, 3.05) is 11.9 Å². The van der Waals surface area contributed by atoms with E-state index in [-0.39, 0.29) is 11.0 Å². The molecule has 2 nitrogen and oxygen atoms in total. The molecular weight excluding hydrogens is 277 g/mol. The Morgan fingerprint density at radius 1 is 1.32 bits per heavy atom. The van der Waals surface area contributed by atoms with Gasteiger partial charge in [0.1, 0.15) is 11.0 Å². The first-order valence-corrected chi connectivity index (χ1v) is 6.76. The minimum absolute atomic E-state index is 0.131. The third-order valence-electron chi connectivity index (χ3n) is 4.08. The number of hydrogen-bond donors (Lipinski definition) is 1. The molecule has 19 heavy (non-hydrogen) atoms. The molecule has 1 N–H and O–H groups in total. The van der Waals surface area contributed by atoms with Crippen LogP contribution in [0.3, 0.4) is 0 Å². The van der Waals surface area contributed by atoms with E-state index in [4.69, 9.17) is 11.6 Å². The fourth-order valence-corrected chi connectivity index (χ4v) is 2.81. The molecule has 2 fully saturated rings. The van der Waals surface area contributed by atoms with Gasteiger partial charge in [-0.25, -0.2) is 4.98 Å². The van der Waals surface area contributed by atoms with E-state index in [0.29, 0.717) is 12.0 Å². The average molecular weight is 291 g/mol. The quantitative estimate of drug-likeness (QED) is 0.834. The minimum Gasteiger partial charge on any atom is -0.369 e. The van der Waals surface area contributed by atoms with Crippen molar-refractivity contribution in [1.82, 2.24) is 4.98 Å². The third-order valence-corrected chi connectivity index (χ3v) is 4.27. The Kier molecular flexibility index (Phi) is 2.93. The largest absolute Gasteiger partial charge is 0.416 e. The molecule has 0 radical (unpaired) electrons. The molecule has 0 unspecified atom stereocenters. The van der Waals surface area contributed by atoms with Crippen molar-refractivity contribution < 1.29 is 13.2 Å². The van der Waals surface area contributed by atoms with Crippen LogP contribution < -0.4 is 5.32 Å². The van der Waals surface area contributed by atoms with E-state index in [1.807, 2.05) is 0 Å². The van der Waals surface area contributed by atoms with Gasteiger partial charge in [0.2, 0.25) is 0 Å². The van der Waals surface area contributed by atoms with Crippen LogP contribution in [0.4, 0.5) is 19.0 Å². The standard InChI is InChI=1S/C13H14ClF3N2/c14-10-5-9(13(15,16)17)6-11(19-10)18-7-12(3-4-12)8-1-2-8/h5-6,8H,1-4,7H2,(H,18,19). The summed E-state index contributed by atoms with van der Waals surface area (Å²) in [6.45, 7) is 0.697. The Labute approximate surface area is 114 Å². The van der Waals surface area contributed by atoms with Gasteiger partial charge in [-0.15, -0.1) is 0 Å². The first kappa shape index (κ1) is 13.0. The van der Waals surface area contributed by atoms with Crippen LogP contribution in [-0.4, -0.2) is 11.5 Å². The Balaban J connectivity index is 1.72. The van der Waals surface area contributed by atoms with Crippen LogP contribution in [0, 0.1) is 11.3 Å². The van der Waals surface area contributed by atoms with Crippen LogP contribution in [0.2, 0.25) is 5.15 Å². The molecule has 1 aromatic rings. The van der Waals surface area contributed by atoms with E-state index in [2.05, 4.69) is 10.3 Å². The summed E-state index contributed by atoms with van der Waals surface area (Å²) in [7, 11) is 0. The highest BCUT2D eigenvalue weighted by atomic mass is 35.5.